The summed E-state index contributed by atoms with van der Waals surface area (Å²) in [7, 11) is 0. The highest BCUT2D eigenvalue weighted by molar-refractivity contribution is 5.77. The van der Waals surface area contributed by atoms with Gasteiger partial charge in [0.25, 0.3) is 0 Å². The van der Waals surface area contributed by atoms with Crippen molar-refractivity contribution in [3.05, 3.63) is 12.2 Å². The fourth-order valence-electron chi connectivity index (χ4n) is 3.63. The predicted octanol–water partition coefficient (Wildman–Crippen LogP) is 7.03. The average molecular weight is 410 g/mol. The van der Waals surface area contributed by atoms with Crippen molar-refractivity contribution in [2.75, 3.05) is 0 Å². The van der Waals surface area contributed by atoms with Crippen LogP contribution in [0.2, 0.25) is 0 Å². The van der Waals surface area contributed by atoms with Crippen molar-refractivity contribution in [2.24, 2.45) is 5.92 Å². The second kappa shape index (κ2) is 20.0. The van der Waals surface area contributed by atoms with E-state index in [-0.39, 0.29) is 18.4 Å². The summed E-state index contributed by atoms with van der Waals surface area (Å²) in [4.78, 5) is 22.9. The Morgan fingerprint density at radius 3 is 1.86 bits per heavy atom. The average Bonchev–Trinajstić information content (AvgIpc) is 2.63. The third-order valence-electron chi connectivity index (χ3n) is 5.21. The molecule has 4 nitrogen and oxygen atoms in total. The Kier molecular flexibility index (Phi) is 19.1. The van der Waals surface area contributed by atoms with Crippen LogP contribution in [0, 0.1) is 5.92 Å². The molecule has 4 heteroatoms. The van der Waals surface area contributed by atoms with E-state index in [0.717, 1.165) is 19.3 Å². The normalized spacial score (nSPS) is 12.6. The number of rotatable bonds is 20. The fraction of sp³-hybridized carbons (Fsp3) is 0.840. The molecule has 0 rings (SSSR count). The van der Waals surface area contributed by atoms with Crippen molar-refractivity contribution >= 4 is 11.9 Å². The highest BCUT2D eigenvalue weighted by atomic mass is 16.4. The highest BCUT2D eigenvalue weighted by Gasteiger charge is 2.16. The van der Waals surface area contributed by atoms with Gasteiger partial charge in [0, 0.05) is 12.5 Å². The molecule has 0 spiro atoms. The number of amides is 1. The molecule has 0 aliphatic carbocycles. The van der Waals surface area contributed by atoms with Gasteiger partial charge < -0.3 is 10.4 Å². The largest absolute Gasteiger partial charge is 0.481 e. The number of allylic oxidation sites excluding steroid dienone is 2. The van der Waals surface area contributed by atoms with Gasteiger partial charge in [0.15, 0.2) is 0 Å². The molecule has 2 N–H and O–H groups in total. The van der Waals surface area contributed by atoms with Gasteiger partial charge in [-0.15, -0.1) is 0 Å². The summed E-state index contributed by atoms with van der Waals surface area (Å²) < 4.78 is 0. The molecule has 1 amide bonds. The number of carboxylic acids is 1. The Bertz CT molecular complexity index is 432. The number of carbonyl (C=O) groups is 2. The molecule has 0 radical (unpaired) electrons. The molecule has 1 atom stereocenters. The first kappa shape index (κ1) is 27.7. The number of nitrogens with one attached hydrogen (secondary N) is 1. The monoisotopic (exact) mass is 409 g/mol. The Hall–Kier alpha value is -1.32. The van der Waals surface area contributed by atoms with E-state index < -0.39 is 5.97 Å². The number of carboxylic acid groups (broad SMARTS) is 1. The van der Waals surface area contributed by atoms with Crippen LogP contribution < -0.4 is 5.32 Å². The predicted molar refractivity (Wildman–Crippen MR) is 123 cm³/mol. The van der Waals surface area contributed by atoms with Crippen LogP contribution in [0.1, 0.15) is 124 Å². The lowest BCUT2D eigenvalue weighted by Gasteiger charge is -2.18. The summed E-state index contributed by atoms with van der Waals surface area (Å²) in [5.41, 5.74) is 0. The van der Waals surface area contributed by atoms with Crippen LogP contribution in [0.25, 0.3) is 0 Å². The Morgan fingerprint density at radius 1 is 0.828 bits per heavy atom. The minimum absolute atomic E-state index is 0.00547. The summed E-state index contributed by atoms with van der Waals surface area (Å²) in [6, 6.07) is -0.253. The number of aliphatic carboxylic acids is 1. The van der Waals surface area contributed by atoms with Gasteiger partial charge in [0.05, 0.1) is 6.42 Å². The van der Waals surface area contributed by atoms with Gasteiger partial charge >= 0.3 is 5.97 Å². The second-order valence-electron chi connectivity index (χ2n) is 8.83. The first-order valence-corrected chi connectivity index (χ1v) is 12.1. The molecule has 0 bridgehead atoms. The Morgan fingerprint density at radius 2 is 1.34 bits per heavy atom. The van der Waals surface area contributed by atoms with Crippen molar-refractivity contribution in [1.29, 1.82) is 0 Å². The molecular formula is C25H47NO3. The maximum atomic E-state index is 12.0. The van der Waals surface area contributed by atoms with Crippen molar-refractivity contribution < 1.29 is 14.7 Å². The quantitative estimate of drug-likeness (QED) is 0.167. The lowest BCUT2D eigenvalue weighted by Crippen LogP contribution is -2.37. The SMILES string of the molecule is CCCCCCCCCCCC=CCCCCC(=O)N[C@@H](CC(=O)O)CC(C)C. The molecule has 29 heavy (non-hydrogen) atoms. The summed E-state index contributed by atoms with van der Waals surface area (Å²) in [5.74, 6) is -0.501. The lowest BCUT2D eigenvalue weighted by atomic mass is 10.0. The van der Waals surface area contributed by atoms with Gasteiger partial charge in [0.1, 0.15) is 0 Å². The molecule has 0 aromatic rings. The summed E-state index contributed by atoms with van der Waals surface area (Å²) >= 11 is 0. The van der Waals surface area contributed by atoms with Gasteiger partial charge in [-0.25, -0.2) is 0 Å². The highest BCUT2D eigenvalue weighted by Crippen LogP contribution is 2.12. The van der Waals surface area contributed by atoms with Gasteiger partial charge in [-0.2, -0.15) is 0 Å². The number of carbonyl (C=O) groups excluding carboxylic acids is 1. The molecule has 0 heterocycles. The van der Waals surface area contributed by atoms with E-state index >= 15 is 0 Å². The molecule has 170 valence electrons. The molecule has 0 fully saturated rings. The first-order chi connectivity index (χ1) is 14.0. The zero-order valence-corrected chi connectivity index (χ0v) is 19.4. The third-order valence-corrected chi connectivity index (χ3v) is 5.21. The van der Waals surface area contributed by atoms with Crippen molar-refractivity contribution in [2.45, 2.75) is 130 Å². The Balaban J connectivity index is 3.57. The summed E-state index contributed by atoms with van der Waals surface area (Å²) in [5, 5.41) is 11.9. The van der Waals surface area contributed by atoms with Crippen molar-refractivity contribution in [1.82, 2.24) is 5.32 Å². The molecule has 0 aromatic carbocycles. The second-order valence-corrected chi connectivity index (χ2v) is 8.83. The topological polar surface area (TPSA) is 66.4 Å². The van der Waals surface area contributed by atoms with Crippen molar-refractivity contribution in [3.8, 4) is 0 Å². The van der Waals surface area contributed by atoms with Crippen LogP contribution in [-0.4, -0.2) is 23.0 Å². The van der Waals surface area contributed by atoms with Crippen LogP contribution in [0.3, 0.4) is 0 Å². The molecular weight excluding hydrogens is 362 g/mol. The third kappa shape index (κ3) is 21.2. The van der Waals surface area contributed by atoms with E-state index in [1.165, 1.54) is 64.2 Å². The molecule has 0 aliphatic heterocycles. The van der Waals surface area contributed by atoms with Crippen LogP contribution >= 0.6 is 0 Å². The summed E-state index contributed by atoms with van der Waals surface area (Å²) in [6.45, 7) is 6.35. The van der Waals surface area contributed by atoms with Gasteiger partial charge in [0.2, 0.25) is 5.91 Å². The minimum atomic E-state index is -0.854. The molecule has 0 unspecified atom stereocenters. The van der Waals surface area contributed by atoms with Crippen LogP contribution in [-0.2, 0) is 9.59 Å². The fourth-order valence-corrected chi connectivity index (χ4v) is 3.63. The van der Waals surface area contributed by atoms with E-state index in [2.05, 4.69) is 24.4 Å². The zero-order chi connectivity index (χ0) is 21.7. The maximum absolute atomic E-state index is 12.0. The number of hydrogen-bond acceptors (Lipinski definition) is 2. The standard InChI is InChI=1S/C25H47NO3/c1-4-5-6-7-8-9-10-11-12-13-14-15-16-17-18-19-24(27)26-23(20-22(2)3)21-25(28)29/h14-15,22-23H,4-13,16-21H2,1-3H3,(H,26,27)(H,28,29)/t23-/m1/s1. The molecule has 0 saturated heterocycles. The minimum Gasteiger partial charge on any atom is -0.481 e. The zero-order valence-electron chi connectivity index (χ0n) is 19.4. The first-order valence-electron chi connectivity index (χ1n) is 12.1. The maximum Gasteiger partial charge on any atom is 0.305 e. The smallest absolute Gasteiger partial charge is 0.305 e. The van der Waals surface area contributed by atoms with Gasteiger partial charge in [-0.3, -0.25) is 9.59 Å². The van der Waals surface area contributed by atoms with Gasteiger partial charge in [-0.05, 0) is 44.4 Å². The van der Waals surface area contributed by atoms with E-state index in [1.54, 1.807) is 0 Å². The molecule has 0 saturated carbocycles. The summed E-state index contributed by atoms with van der Waals surface area (Å²) in [6.07, 6.45) is 22.1. The van der Waals surface area contributed by atoms with Crippen LogP contribution in [0.15, 0.2) is 12.2 Å². The van der Waals surface area contributed by atoms with E-state index in [9.17, 15) is 9.59 Å². The molecule has 0 aliphatic rings. The molecule has 0 aromatic heterocycles. The van der Waals surface area contributed by atoms with E-state index in [1.807, 2.05) is 13.8 Å². The van der Waals surface area contributed by atoms with Gasteiger partial charge in [-0.1, -0.05) is 84.3 Å². The number of hydrogen-bond donors (Lipinski definition) is 2. The Labute approximate surface area is 179 Å². The van der Waals surface area contributed by atoms with Crippen LogP contribution in [0.4, 0.5) is 0 Å². The van der Waals surface area contributed by atoms with E-state index in [0.29, 0.717) is 18.8 Å². The van der Waals surface area contributed by atoms with Crippen LogP contribution in [0.5, 0.6) is 0 Å². The lowest BCUT2D eigenvalue weighted by molar-refractivity contribution is -0.137. The van der Waals surface area contributed by atoms with Crippen molar-refractivity contribution in [3.63, 3.8) is 0 Å². The van der Waals surface area contributed by atoms with E-state index in [4.69, 9.17) is 5.11 Å². The number of unbranched alkanes of at least 4 members (excludes halogenated alkanes) is 11.